The van der Waals surface area contributed by atoms with Gasteiger partial charge in [0.25, 0.3) is 0 Å². The van der Waals surface area contributed by atoms with Gasteiger partial charge in [0, 0.05) is 25.7 Å². The van der Waals surface area contributed by atoms with Crippen molar-refractivity contribution in [2.75, 3.05) is 53.1 Å². The van der Waals surface area contributed by atoms with Gasteiger partial charge < -0.3 is 19.7 Å². The highest BCUT2D eigenvalue weighted by Gasteiger charge is 2.17. The smallest absolute Gasteiger partial charge is 0.0620 e. The van der Waals surface area contributed by atoms with Gasteiger partial charge in [-0.05, 0) is 38.8 Å². The van der Waals surface area contributed by atoms with Gasteiger partial charge in [-0.15, -0.1) is 0 Å². The van der Waals surface area contributed by atoms with E-state index >= 15 is 0 Å². The summed E-state index contributed by atoms with van der Waals surface area (Å²) in [5.41, 5.74) is 0. The van der Waals surface area contributed by atoms with Crippen molar-refractivity contribution in [2.24, 2.45) is 5.92 Å². The number of nitrogens with zero attached hydrogens (tertiary/aromatic N) is 1. The third-order valence-corrected chi connectivity index (χ3v) is 3.68. The molecule has 2 saturated heterocycles. The Balaban J connectivity index is 1.57. The van der Waals surface area contributed by atoms with Crippen molar-refractivity contribution in [2.45, 2.75) is 25.3 Å². The van der Waals surface area contributed by atoms with Gasteiger partial charge in [-0.25, -0.2) is 0 Å². The maximum atomic E-state index is 5.52. The lowest BCUT2D eigenvalue weighted by molar-refractivity contribution is 0.0391. The molecule has 4 nitrogen and oxygen atoms in total. The van der Waals surface area contributed by atoms with E-state index in [4.69, 9.17) is 9.47 Å². The van der Waals surface area contributed by atoms with Crippen LogP contribution in [0.1, 0.15) is 19.3 Å². The minimum absolute atomic E-state index is 0.550. The predicted molar refractivity (Wildman–Crippen MR) is 68.3 cm³/mol. The largest absolute Gasteiger partial charge is 0.381 e. The summed E-state index contributed by atoms with van der Waals surface area (Å²) in [6, 6.07) is 0.550. The van der Waals surface area contributed by atoms with Crippen LogP contribution in [0.15, 0.2) is 0 Å². The predicted octanol–water partition coefficient (Wildman–Crippen LogP) is 0.723. The second-order valence-electron chi connectivity index (χ2n) is 5.36. The van der Waals surface area contributed by atoms with Gasteiger partial charge in [0.05, 0.1) is 19.8 Å². The van der Waals surface area contributed by atoms with Crippen molar-refractivity contribution in [3.05, 3.63) is 0 Å². The lowest BCUT2D eigenvalue weighted by atomic mass is 10.0. The fraction of sp³-hybridized carbons (Fsp3) is 1.00. The molecule has 0 aromatic rings. The van der Waals surface area contributed by atoms with E-state index in [2.05, 4.69) is 17.3 Å². The molecule has 2 unspecified atom stereocenters. The van der Waals surface area contributed by atoms with E-state index < -0.39 is 0 Å². The average molecular weight is 242 g/mol. The fourth-order valence-electron chi connectivity index (χ4n) is 2.66. The van der Waals surface area contributed by atoms with Crippen LogP contribution in [0.4, 0.5) is 0 Å². The van der Waals surface area contributed by atoms with Gasteiger partial charge in [-0.1, -0.05) is 0 Å². The molecule has 0 saturated carbocycles. The molecule has 2 rings (SSSR count). The molecule has 4 heteroatoms. The van der Waals surface area contributed by atoms with Crippen LogP contribution >= 0.6 is 0 Å². The van der Waals surface area contributed by atoms with E-state index in [1.807, 2.05) is 0 Å². The normalized spacial score (nSPS) is 30.7. The van der Waals surface area contributed by atoms with Crippen LogP contribution < -0.4 is 5.32 Å². The molecule has 0 aromatic carbocycles. The molecule has 0 bridgehead atoms. The molecule has 2 fully saturated rings. The third kappa shape index (κ3) is 4.92. The molecule has 2 aliphatic rings. The second kappa shape index (κ2) is 7.31. The molecule has 1 N–H and O–H groups in total. The monoisotopic (exact) mass is 242 g/mol. The third-order valence-electron chi connectivity index (χ3n) is 3.68. The van der Waals surface area contributed by atoms with Crippen LogP contribution in [0.3, 0.4) is 0 Å². The van der Waals surface area contributed by atoms with Crippen LogP contribution in [0.25, 0.3) is 0 Å². The molecule has 0 spiro atoms. The Labute approximate surface area is 105 Å². The standard InChI is InChI=1S/C13H26N2O2/c1-15(9-12-3-2-7-16-10-12)6-4-13-11-17-8-5-14-13/h12-14H,2-11H2,1H3. The highest BCUT2D eigenvalue weighted by Crippen LogP contribution is 2.14. The van der Waals surface area contributed by atoms with Gasteiger partial charge in [-0.2, -0.15) is 0 Å². The summed E-state index contributed by atoms with van der Waals surface area (Å²) in [5, 5.41) is 3.50. The van der Waals surface area contributed by atoms with E-state index in [1.54, 1.807) is 0 Å². The van der Waals surface area contributed by atoms with Crippen LogP contribution in [0.2, 0.25) is 0 Å². The second-order valence-corrected chi connectivity index (χ2v) is 5.36. The zero-order valence-electron chi connectivity index (χ0n) is 11.0. The molecule has 2 heterocycles. The molecule has 2 aliphatic heterocycles. The first-order chi connectivity index (χ1) is 8.34. The Hall–Kier alpha value is -0.160. The first-order valence-electron chi connectivity index (χ1n) is 6.92. The molecule has 2 atom stereocenters. The topological polar surface area (TPSA) is 33.7 Å². The lowest BCUT2D eigenvalue weighted by Crippen LogP contribution is -2.43. The van der Waals surface area contributed by atoms with Crippen LogP contribution in [-0.4, -0.2) is 64.1 Å². The molecule has 0 aliphatic carbocycles. The summed E-state index contributed by atoms with van der Waals surface area (Å²) in [4.78, 5) is 2.44. The molecular weight excluding hydrogens is 216 g/mol. The summed E-state index contributed by atoms with van der Waals surface area (Å²) in [5.74, 6) is 0.740. The number of hydrogen-bond donors (Lipinski definition) is 1. The van der Waals surface area contributed by atoms with Gasteiger partial charge >= 0.3 is 0 Å². The van der Waals surface area contributed by atoms with Gasteiger partial charge in [0.1, 0.15) is 0 Å². The first-order valence-corrected chi connectivity index (χ1v) is 6.92. The minimum atomic E-state index is 0.550. The van der Waals surface area contributed by atoms with E-state index in [9.17, 15) is 0 Å². The molecule has 17 heavy (non-hydrogen) atoms. The number of hydrogen-bond acceptors (Lipinski definition) is 4. The van der Waals surface area contributed by atoms with Crippen molar-refractivity contribution >= 4 is 0 Å². The number of rotatable bonds is 5. The SMILES string of the molecule is CN(CCC1COCCN1)CC1CCCOC1. The highest BCUT2D eigenvalue weighted by atomic mass is 16.5. The van der Waals surface area contributed by atoms with E-state index in [0.29, 0.717) is 6.04 Å². The Morgan fingerprint density at radius 3 is 2.82 bits per heavy atom. The van der Waals surface area contributed by atoms with Crippen molar-refractivity contribution in [3.8, 4) is 0 Å². The maximum absolute atomic E-state index is 5.52. The Morgan fingerprint density at radius 2 is 2.12 bits per heavy atom. The Kier molecular flexibility index (Phi) is 5.71. The summed E-state index contributed by atoms with van der Waals surface area (Å²) in [6.07, 6.45) is 3.75. The van der Waals surface area contributed by atoms with Crippen LogP contribution in [0, 0.1) is 5.92 Å². The summed E-state index contributed by atoms with van der Waals surface area (Å²) in [6.45, 7) is 6.99. The van der Waals surface area contributed by atoms with E-state index in [-0.39, 0.29) is 0 Å². The number of ether oxygens (including phenoxy) is 2. The minimum Gasteiger partial charge on any atom is -0.381 e. The Bertz CT molecular complexity index is 202. The summed E-state index contributed by atoms with van der Waals surface area (Å²) >= 11 is 0. The van der Waals surface area contributed by atoms with E-state index in [0.717, 1.165) is 45.4 Å². The Morgan fingerprint density at radius 1 is 1.24 bits per heavy atom. The first kappa shape index (κ1) is 13.3. The summed E-state index contributed by atoms with van der Waals surface area (Å²) < 4.78 is 11.0. The highest BCUT2D eigenvalue weighted by molar-refractivity contribution is 4.73. The number of nitrogens with one attached hydrogen (secondary N) is 1. The molecule has 100 valence electrons. The van der Waals surface area contributed by atoms with Crippen molar-refractivity contribution in [3.63, 3.8) is 0 Å². The molecular formula is C13H26N2O2. The molecule has 0 radical (unpaired) electrons. The van der Waals surface area contributed by atoms with Gasteiger partial charge in [-0.3, -0.25) is 0 Å². The zero-order valence-corrected chi connectivity index (χ0v) is 11.0. The maximum Gasteiger partial charge on any atom is 0.0620 e. The fourth-order valence-corrected chi connectivity index (χ4v) is 2.66. The summed E-state index contributed by atoms with van der Waals surface area (Å²) in [7, 11) is 2.22. The molecule has 0 aromatic heterocycles. The average Bonchev–Trinajstić information content (AvgIpc) is 2.39. The van der Waals surface area contributed by atoms with Crippen molar-refractivity contribution in [1.29, 1.82) is 0 Å². The molecule has 0 amide bonds. The quantitative estimate of drug-likeness (QED) is 0.770. The van der Waals surface area contributed by atoms with Crippen LogP contribution in [0.5, 0.6) is 0 Å². The van der Waals surface area contributed by atoms with Crippen molar-refractivity contribution < 1.29 is 9.47 Å². The van der Waals surface area contributed by atoms with Gasteiger partial charge in [0.2, 0.25) is 0 Å². The zero-order chi connectivity index (χ0) is 11.9. The van der Waals surface area contributed by atoms with Crippen molar-refractivity contribution in [1.82, 2.24) is 10.2 Å². The number of morpholine rings is 1. The lowest BCUT2D eigenvalue weighted by Gasteiger charge is -2.29. The van der Waals surface area contributed by atoms with Crippen LogP contribution in [-0.2, 0) is 9.47 Å². The van der Waals surface area contributed by atoms with Gasteiger partial charge in [0.15, 0.2) is 0 Å². The van der Waals surface area contributed by atoms with E-state index in [1.165, 1.54) is 25.8 Å².